The van der Waals surface area contributed by atoms with Crippen LogP contribution in [0.4, 0.5) is 0 Å². The lowest BCUT2D eigenvalue weighted by Gasteiger charge is -2.27. The number of thioether (sulfide) groups is 1. The van der Waals surface area contributed by atoms with Crippen LogP contribution in [0.15, 0.2) is 9.98 Å². The van der Waals surface area contributed by atoms with E-state index in [-0.39, 0.29) is 70.0 Å². The van der Waals surface area contributed by atoms with Crippen LogP contribution < -0.4 is 72.5 Å². The maximum Gasteiger partial charge on any atom is 0.326 e. The van der Waals surface area contributed by atoms with Gasteiger partial charge in [0.25, 0.3) is 0 Å². The Kier molecular flexibility index (Phi) is 30.0. The Balaban J connectivity index is 6.41. The molecule has 0 aromatic heterocycles. The van der Waals surface area contributed by atoms with Crippen molar-refractivity contribution in [2.45, 2.75) is 126 Å². The molecule has 23 heteroatoms. The zero-order chi connectivity index (χ0) is 43.9. The van der Waals surface area contributed by atoms with Gasteiger partial charge in [0.1, 0.15) is 30.2 Å². The van der Waals surface area contributed by atoms with Crippen LogP contribution in [0, 0.1) is 0 Å². The lowest BCUT2D eigenvalue weighted by molar-refractivity contribution is -0.142. The van der Waals surface area contributed by atoms with Crippen molar-refractivity contribution >= 4 is 59.2 Å². The largest absolute Gasteiger partial charge is 0.480 e. The third-order valence-corrected chi connectivity index (χ3v) is 9.49. The Morgan fingerprint density at radius 3 is 1.12 bits per heavy atom. The van der Waals surface area contributed by atoms with Gasteiger partial charge >= 0.3 is 5.97 Å². The van der Waals surface area contributed by atoms with E-state index in [9.17, 15) is 33.9 Å². The molecule has 0 saturated carbocycles. The number of rotatable bonds is 34. The molecule has 0 radical (unpaired) electrons. The number of carboxylic acid groups (broad SMARTS) is 1. The molecule has 0 fully saturated rings. The molecule has 0 aliphatic carbocycles. The van der Waals surface area contributed by atoms with Crippen LogP contribution in [0.3, 0.4) is 0 Å². The van der Waals surface area contributed by atoms with E-state index in [0.717, 1.165) is 0 Å². The number of hydrogen-bond donors (Lipinski definition) is 14. The number of nitrogens with two attached hydrogens (primary N) is 8. The average molecular weight is 846 g/mol. The summed E-state index contributed by atoms with van der Waals surface area (Å²) in [5.74, 6) is -4.31. The number of nitrogens with one attached hydrogen (secondary N) is 5. The molecular formula is C35H71N15O7S. The lowest BCUT2D eigenvalue weighted by atomic mass is 10.0. The molecular weight excluding hydrogens is 775 g/mol. The van der Waals surface area contributed by atoms with Gasteiger partial charge in [-0.15, -0.1) is 0 Å². The number of nitrogens with zero attached hydrogens (tertiary/aromatic N) is 2. The second-order valence-corrected chi connectivity index (χ2v) is 14.8. The summed E-state index contributed by atoms with van der Waals surface area (Å²) in [6.45, 7) is 1.28. The Morgan fingerprint density at radius 2 is 0.810 bits per heavy atom. The minimum atomic E-state index is -1.31. The van der Waals surface area contributed by atoms with Crippen LogP contribution in [-0.4, -0.2) is 134 Å². The Labute approximate surface area is 345 Å². The van der Waals surface area contributed by atoms with Gasteiger partial charge in [-0.1, -0.05) is 0 Å². The van der Waals surface area contributed by atoms with Gasteiger partial charge in [-0.2, -0.15) is 11.8 Å². The molecule has 0 saturated heterocycles. The van der Waals surface area contributed by atoms with Crippen molar-refractivity contribution in [2.24, 2.45) is 55.9 Å². The fourth-order valence-electron chi connectivity index (χ4n) is 5.56. The normalized spacial score (nSPS) is 14.0. The van der Waals surface area contributed by atoms with Crippen LogP contribution >= 0.6 is 11.8 Å². The smallest absolute Gasteiger partial charge is 0.326 e. The Morgan fingerprint density at radius 1 is 0.500 bits per heavy atom. The third-order valence-electron chi connectivity index (χ3n) is 8.85. The summed E-state index contributed by atoms with van der Waals surface area (Å²) in [7, 11) is 0. The van der Waals surface area contributed by atoms with Gasteiger partial charge in [0, 0.05) is 13.1 Å². The van der Waals surface area contributed by atoms with E-state index in [2.05, 4.69) is 36.6 Å². The second kappa shape index (κ2) is 32.5. The molecule has 6 atom stereocenters. The monoisotopic (exact) mass is 846 g/mol. The van der Waals surface area contributed by atoms with E-state index < -0.39 is 71.8 Å². The standard InChI is InChI=1S/C35H71N15O7S/c1-58-21-15-22(39)28(51)46-23(10-2-5-16-36)29(52)47-24(11-3-6-17-37)30(53)49-26(13-8-19-44-34(40)41)31(54)48-25(12-4-7-18-38)32(55)50-27(33(56)57)14-9-20-45-35(42)43/h22-27H,2-21,36-39H2,1H3,(H,46,51)(H,47,52)(H,48,54)(H,49,53)(H,50,55)(H,56,57)(H4,40,41,44)(H4,42,43,45). The lowest BCUT2D eigenvalue weighted by Crippen LogP contribution is -2.59. The van der Waals surface area contributed by atoms with Gasteiger partial charge in [0.05, 0.1) is 6.04 Å². The van der Waals surface area contributed by atoms with Crippen LogP contribution in [0.2, 0.25) is 0 Å². The summed E-state index contributed by atoms with van der Waals surface area (Å²) in [4.78, 5) is 87.8. The molecule has 22 nitrogen and oxygen atoms in total. The number of carbonyl (C=O) groups is 6. The first-order valence-corrected chi connectivity index (χ1v) is 21.2. The van der Waals surface area contributed by atoms with Gasteiger partial charge in [-0.25, -0.2) is 4.79 Å². The average Bonchev–Trinajstić information content (AvgIpc) is 3.17. The molecule has 6 unspecified atom stereocenters. The minimum Gasteiger partial charge on any atom is -0.480 e. The summed E-state index contributed by atoms with van der Waals surface area (Å²) < 4.78 is 0. The molecule has 58 heavy (non-hydrogen) atoms. The van der Waals surface area contributed by atoms with Crippen LogP contribution in [-0.2, 0) is 28.8 Å². The molecule has 0 aromatic rings. The quantitative estimate of drug-likeness (QED) is 0.0167. The molecule has 0 aliphatic rings. The first-order chi connectivity index (χ1) is 27.6. The predicted molar refractivity (Wildman–Crippen MR) is 227 cm³/mol. The minimum absolute atomic E-state index is 0.00440. The fraction of sp³-hybridized carbons (Fsp3) is 0.771. The second-order valence-electron chi connectivity index (χ2n) is 13.8. The molecule has 0 heterocycles. The Hall–Kier alpha value is -4.45. The number of guanidine groups is 2. The summed E-state index contributed by atoms with van der Waals surface area (Å²) in [5.41, 5.74) is 44.7. The van der Waals surface area contributed by atoms with Gasteiger partial charge in [0.2, 0.25) is 29.5 Å². The summed E-state index contributed by atoms with van der Waals surface area (Å²) >= 11 is 1.53. The molecule has 5 amide bonds. The van der Waals surface area contributed by atoms with E-state index in [1.807, 2.05) is 6.26 Å². The zero-order valence-electron chi connectivity index (χ0n) is 33.9. The maximum atomic E-state index is 14.0. The highest BCUT2D eigenvalue weighted by molar-refractivity contribution is 7.98. The van der Waals surface area contributed by atoms with E-state index in [1.54, 1.807) is 0 Å². The Bertz CT molecular complexity index is 1300. The molecule has 0 aromatic carbocycles. The number of carbonyl (C=O) groups excluding carboxylic acids is 5. The fourth-order valence-corrected chi connectivity index (χ4v) is 6.05. The molecule has 0 spiro atoms. The van der Waals surface area contributed by atoms with Crippen LogP contribution in [0.25, 0.3) is 0 Å². The van der Waals surface area contributed by atoms with Crippen molar-refractivity contribution in [2.75, 3.05) is 44.7 Å². The zero-order valence-corrected chi connectivity index (χ0v) is 34.7. The maximum absolute atomic E-state index is 14.0. The first-order valence-electron chi connectivity index (χ1n) is 19.8. The van der Waals surface area contributed by atoms with Crippen molar-refractivity contribution in [1.29, 1.82) is 0 Å². The van der Waals surface area contributed by atoms with Gasteiger partial charge in [-0.05, 0) is 122 Å². The molecule has 334 valence electrons. The highest BCUT2D eigenvalue weighted by atomic mass is 32.2. The highest BCUT2D eigenvalue weighted by Crippen LogP contribution is 2.10. The highest BCUT2D eigenvalue weighted by Gasteiger charge is 2.32. The van der Waals surface area contributed by atoms with Gasteiger partial charge in [-0.3, -0.25) is 34.0 Å². The molecule has 22 N–H and O–H groups in total. The van der Waals surface area contributed by atoms with Crippen LogP contribution in [0.5, 0.6) is 0 Å². The summed E-state index contributed by atoms with van der Waals surface area (Å²) in [6.07, 6.45) is 6.31. The van der Waals surface area contributed by atoms with Crippen molar-refractivity contribution in [3.8, 4) is 0 Å². The van der Waals surface area contributed by atoms with Gasteiger partial charge < -0.3 is 77.6 Å². The van der Waals surface area contributed by atoms with Crippen molar-refractivity contribution < 1.29 is 33.9 Å². The number of amides is 5. The summed E-state index contributed by atoms with van der Waals surface area (Å²) in [5, 5.41) is 23.1. The van der Waals surface area contributed by atoms with Crippen molar-refractivity contribution in [3.63, 3.8) is 0 Å². The topological polar surface area (TPSA) is 416 Å². The number of hydrogen-bond acceptors (Lipinski definition) is 13. The van der Waals surface area contributed by atoms with Gasteiger partial charge in [0.15, 0.2) is 11.9 Å². The first kappa shape index (κ1) is 53.6. The number of aliphatic carboxylic acids is 1. The molecule has 0 rings (SSSR count). The van der Waals surface area contributed by atoms with Crippen molar-refractivity contribution in [3.05, 3.63) is 0 Å². The molecule has 0 bridgehead atoms. The molecule has 0 aliphatic heterocycles. The van der Waals surface area contributed by atoms with E-state index >= 15 is 0 Å². The number of aliphatic imine (C=N–C) groups is 2. The van der Waals surface area contributed by atoms with Crippen LogP contribution in [0.1, 0.15) is 89.9 Å². The van der Waals surface area contributed by atoms with E-state index in [1.165, 1.54) is 11.8 Å². The number of unbranched alkanes of at least 4 members (excludes halogenated alkanes) is 3. The van der Waals surface area contributed by atoms with E-state index in [4.69, 9.17) is 45.9 Å². The SMILES string of the molecule is CSCCC(N)C(=O)NC(CCCCN)C(=O)NC(CCCCN)C(=O)NC(CCCN=C(N)N)C(=O)NC(CCCCN)C(=O)NC(CCCN=C(N)N)C(=O)O. The predicted octanol–water partition coefficient (Wildman–Crippen LogP) is -3.93. The van der Waals surface area contributed by atoms with E-state index in [0.29, 0.717) is 70.3 Å². The third kappa shape index (κ3) is 25.0. The van der Waals surface area contributed by atoms with Crippen molar-refractivity contribution in [1.82, 2.24) is 26.6 Å². The summed E-state index contributed by atoms with van der Waals surface area (Å²) in [6, 6.07) is -6.76. The number of carboxylic acids is 1.